The summed E-state index contributed by atoms with van der Waals surface area (Å²) in [4.78, 5) is 4.15. The van der Waals surface area contributed by atoms with Crippen LogP contribution in [0.3, 0.4) is 0 Å². The molecule has 96 valence electrons. The fraction of sp³-hybridized carbons (Fsp3) is 0.364. The predicted molar refractivity (Wildman–Crippen MR) is 69.1 cm³/mol. The summed E-state index contributed by atoms with van der Waals surface area (Å²) in [5, 5.41) is 0. The third-order valence-electron chi connectivity index (χ3n) is 2.38. The van der Waals surface area contributed by atoms with Crippen molar-refractivity contribution in [3.05, 3.63) is 35.9 Å². The van der Waals surface area contributed by atoms with Gasteiger partial charge in [-0.1, -0.05) is 6.92 Å². The molecule has 1 atom stereocenters. The van der Waals surface area contributed by atoms with Crippen molar-refractivity contribution in [3.63, 3.8) is 0 Å². The molecule has 6 nitrogen and oxygen atoms in total. The van der Waals surface area contributed by atoms with Crippen LogP contribution in [0, 0.1) is 0 Å². The Hall–Kier alpha value is -1.57. The monoisotopic (exact) mass is 265 g/mol. The van der Waals surface area contributed by atoms with Gasteiger partial charge in [-0.05, 0) is 18.1 Å². The maximum atomic E-state index is 5.56. The second-order valence-electron chi connectivity index (χ2n) is 3.73. The van der Waals surface area contributed by atoms with E-state index in [9.17, 15) is 0 Å². The molecule has 0 fully saturated rings. The van der Waals surface area contributed by atoms with Crippen LogP contribution in [0.4, 0.5) is 0 Å². The van der Waals surface area contributed by atoms with Crippen LogP contribution in [0.1, 0.15) is 30.6 Å². The van der Waals surface area contributed by atoms with E-state index in [-0.39, 0.29) is 6.04 Å². The Morgan fingerprint density at radius 1 is 1.44 bits per heavy atom. The number of rotatable bonds is 6. The van der Waals surface area contributed by atoms with Gasteiger partial charge >= 0.3 is 0 Å². The lowest BCUT2D eigenvalue weighted by atomic mass is 10.1. The van der Waals surface area contributed by atoms with Crippen molar-refractivity contribution in [2.45, 2.75) is 19.4 Å². The number of hydrogen-bond donors (Lipinski definition) is 2. The summed E-state index contributed by atoms with van der Waals surface area (Å²) >= 11 is 1.15. The van der Waals surface area contributed by atoms with E-state index in [2.05, 4.69) is 26.1 Å². The van der Waals surface area contributed by atoms with Crippen LogP contribution in [0.25, 0.3) is 0 Å². The quantitative estimate of drug-likeness (QED) is 0.604. The Morgan fingerprint density at radius 3 is 3.00 bits per heavy atom. The van der Waals surface area contributed by atoms with Gasteiger partial charge in [-0.15, -0.1) is 0 Å². The lowest BCUT2D eigenvalue weighted by Gasteiger charge is -2.14. The largest absolute Gasteiger partial charge is 0.492 e. The first-order valence-corrected chi connectivity index (χ1v) is 6.39. The van der Waals surface area contributed by atoms with Gasteiger partial charge in [0.15, 0.2) is 0 Å². The van der Waals surface area contributed by atoms with E-state index in [0.29, 0.717) is 6.61 Å². The molecular formula is C11H15N5OS. The Labute approximate surface area is 110 Å². The van der Waals surface area contributed by atoms with Gasteiger partial charge < -0.3 is 4.74 Å². The molecule has 2 aromatic rings. The minimum atomic E-state index is -0.221. The van der Waals surface area contributed by atoms with E-state index in [1.54, 1.807) is 18.6 Å². The molecule has 0 aliphatic heterocycles. The zero-order valence-electron chi connectivity index (χ0n) is 10.0. The molecule has 18 heavy (non-hydrogen) atoms. The van der Waals surface area contributed by atoms with Crippen molar-refractivity contribution in [2.24, 2.45) is 5.84 Å². The number of aromatic nitrogens is 3. The first-order chi connectivity index (χ1) is 8.85. The van der Waals surface area contributed by atoms with Gasteiger partial charge in [0.25, 0.3) is 0 Å². The van der Waals surface area contributed by atoms with Crippen LogP contribution in [0.2, 0.25) is 0 Å². The van der Waals surface area contributed by atoms with Crippen molar-refractivity contribution >= 4 is 11.7 Å². The Balaban J connectivity index is 2.20. The number of nitrogens with two attached hydrogens (primary N) is 1. The minimum absolute atomic E-state index is 0.221. The van der Waals surface area contributed by atoms with Crippen LogP contribution < -0.4 is 16.0 Å². The average molecular weight is 265 g/mol. The summed E-state index contributed by atoms with van der Waals surface area (Å²) in [5.74, 6) is 6.30. The highest BCUT2D eigenvalue weighted by Crippen LogP contribution is 2.22. The summed E-state index contributed by atoms with van der Waals surface area (Å²) in [6.45, 7) is 2.73. The van der Waals surface area contributed by atoms with Crippen molar-refractivity contribution in [1.82, 2.24) is 19.2 Å². The predicted octanol–water partition coefficient (Wildman–Crippen LogP) is 1.27. The highest BCUT2D eigenvalue weighted by atomic mass is 32.1. The molecule has 0 spiro atoms. The topological polar surface area (TPSA) is 86.0 Å². The summed E-state index contributed by atoms with van der Waals surface area (Å²) in [6.07, 6.45) is 6.07. The third-order valence-corrected chi connectivity index (χ3v) is 2.87. The van der Waals surface area contributed by atoms with Gasteiger partial charge in [-0.25, -0.2) is 5.43 Å². The highest BCUT2D eigenvalue weighted by molar-refractivity contribution is 6.99. The summed E-state index contributed by atoms with van der Waals surface area (Å²) < 4.78 is 13.7. The van der Waals surface area contributed by atoms with Crippen molar-refractivity contribution in [3.8, 4) is 5.75 Å². The second-order valence-corrected chi connectivity index (χ2v) is 4.29. The van der Waals surface area contributed by atoms with E-state index in [0.717, 1.165) is 35.2 Å². The molecule has 0 saturated carbocycles. The lowest BCUT2D eigenvalue weighted by Crippen LogP contribution is -2.29. The van der Waals surface area contributed by atoms with Crippen LogP contribution in [0.5, 0.6) is 5.75 Å². The molecule has 2 heterocycles. The first-order valence-electron chi connectivity index (χ1n) is 5.66. The molecule has 3 N–H and O–H groups in total. The number of hydrazine groups is 1. The number of ether oxygens (including phenoxy) is 1. The molecule has 0 aromatic carbocycles. The Bertz CT molecular complexity index is 476. The molecular weight excluding hydrogens is 250 g/mol. The van der Waals surface area contributed by atoms with E-state index in [1.807, 2.05) is 6.07 Å². The van der Waals surface area contributed by atoms with Crippen LogP contribution in [0.15, 0.2) is 24.7 Å². The zero-order chi connectivity index (χ0) is 12.8. The maximum Gasteiger partial charge on any atom is 0.137 e. The second kappa shape index (κ2) is 6.39. The first kappa shape index (κ1) is 12.9. The van der Waals surface area contributed by atoms with Gasteiger partial charge in [-0.3, -0.25) is 10.8 Å². The Kier molecular flexibility index (Phi) is 4.57. The number of pyridine rings is 1. The van der Waals surface area contributed by atoms with Crippen molar-refractivity contribution < 1.29 is 4.74 Å². The van der Waals surface area contributed by atoms with Crippen LogP contribution in [-0.2, 0) is 0 Å². The summed E-state index contributed by atoms with van der Waals surface area (Å²) in [7, 11) is 0. The molecule has 0 bridgehead atoms. The molecule has 0 saturated heterocycles. The van der Waals surface area contributed by atoms with E-state index in [4.69, 9.17) is 10.6 Å². The van der Waals surface area contributed by atoms with Crippen molar-refractivity contribution in [1.29, 1.82) is 0 Å². The van der Waals surface area contributed by atoms with Crippen LogP contribution in [-0.4, -0.2) is 20.3 Å². The Morgan fingerprint density at radius 2 is 2.33 bits per heavy atom. The number of nitrogens with zero attached hydrogens (tertiary/aromatic N) is 3. The summed E-state index contributed by atoms with van der Waals surface area (Å²) in [6, 6.07) is 1.69. The molecule has 1 unspecified atom stereocenters. The molecule has 0 aliphatic carbocycles. The smallest absolute Gasteiger partial charge is 0.137 e. The third kappa shape index (κ3) is 3.00. The van der Waals surface area contributed by atoms with Crippen molar-refractivity contribution in [2.75, 3.05) is 6.61 Å². The highest BCUT2D eigenvalue weighted by Gasteiger charge is 2.16. The maximum absolute atomic E-state index is 5.56. The SMILES string of the molecule is CCCOc1cncc(C(NN)c2cnsn2)c1. The molecule has 2 rings (SSSR count). The lowest BCUT2D eigenvalue weighted by molar-refractivity contribution is 0.315. The van der Waals surface area contributed by atoms with E-state index >= 15 is 0 Å². The average Bonchev–Trinajstić information content (AvgIpc) is 2.92. The molecule has 2 aromatic heterocycles. The van der Waals surface area contributed by atoms with Crippen LogP contribution >= 0.6 is 11.7 Å². The van der Waals surface area contributed by atoms with E-state index in [1.165, 1.54) is 0 Å². The van der Waals surface area contributed by atoms with Gasteiger partial charge in [0.2, 0.25) is 0 Å². The summed E-state index contributed by atoms with van der Waals surface area (Å²) in [5.41, 5.74) is 4.39. The number of nitrogens with one attached hydrogen (secondary N) is 1. The molecule has 0 aliphatic rings. The van der Waals surface area contributed by atoms with Gasteiger partial charge in [0, 0.05) is 6.20 Å². The minimum Gasteiger partial charge on any atom is -0.492 e. The molecule has 0 amide bonds. The molecule has 0 radical (unpaired) electrons. The van der Waals surface area contributed by atoms with Gasteiger partial charge in [0.1, 0.15) is 5.75 Å². The number of hydrogen-bond acceptors (Lipinski definition) is 7. The van der Waals surface area contributed by atoms with Gasteiger partial charge in [-0.2, -0.15) is 8.75 Å². The fourth-order valence-electron chi connectivity index (χ4n) is 1.54. The molecule has 7 heteroatoms. The van der Waals surface area contributed by atoms with E-state index < -0.39 is 0 Å². The van der Waals surface area contributed by atoms with Gasteiger partial charge in [0.05, 0.1) is 42.5 Å². The zero-order valence-corrected chi connectivity index (χ0v) is 10.9. The standard InChI is InChI=1S/C11H15N5OS/c1-2-3-17-9-4-8(5-13-6-9)11(15-12)10-7-14-18-16-10/h4-7,11,15H,2-3,12H2,1H3. The fourth-order valence-corrected chi connectivity index (χ4v) is 1.99. The normalized spacial score (nSPS) is 12.3.